The molecule has 0 aromatic heterocycles. The summed E-state index contributed by atoms with van der Waals surface area (Å²) >= 11 is 0. The Hall–Kier alpha value is -1.46. The third-order valence-corrected chi connectivity index (χ3v) is 4.37. The number of amides is 1. The Morgan fingerprint density at radius 1 is 1.12 bits per heavy atom. The van der Waals surface area contributed by atoms with Crippen LogP contribution in [0, 0.1) is 0 Å². The topological polar surface area (TPSA) is 59.6 Å². The summed E-state index contributed by atoms with van der Waals surface area (Å²) in [5.74, 6) is 1.36. The Balaban J connectivity index is 0.00000312. The second-order valence-corrected chi connectivity index (χ2v) is 7.93. The van der Waals surface area contributed by atoms with Crippen LogP contribution in [0.2, 0.25) is 0 Å². The molecule has 0 atom stereocenters. The average Bonchev–Trinajstić information content (AvgIpc) is 2.43. The van der Waals surface area contributed by atoms with Gasteiger partial charge in [0, 0.05) is 17.1 Å². The van der Waals surface area contributed by atoms with Crippen molar-refractivity contribution in [1.82, 2.24) is 10.6 Å². The fourth-order valence-electron chi connectivity index (χ4n) is 3.88. The van der Waals surface area contributed by atoms with E-state index in [1.54, 1.807) is 14.2 Å². The zero-order chi connectivity index (χ0) is 18.0. The van der Waals surface area contributed by atoms with Gasteiger partial charge in [0.05, 0.1) is 20.6 Å². The van der Waals surface area contributed by atoms with Crippen LogP contribution in [-0.2, 0) is 11.2 Å². The molecule has 1 aliphatic heterocycles. The molecule has 0 unspecified atom stereocenters. The number of carbonyl (C=O) groups excluding carboxylic acids is 1. The normalized spacial score (nSPS) is 18.8. The second kappa shape index (κ2) is 8.28. The summed E-state index contributed by atoms with van der Waals surface area (Å²) < 4.78 is 10.5. The molecule has 1 amide bonds. The summed E-state index contributed by atoms with van der Waals surface area (Å²) in [4.78, 5) is 12.5. The monoisotopic (exact) mass is 369 g/mol. The highest BCUT2D eigenvalue weighted by atomic mass is 35.5. The first-order chi connectivity index (χ1) is 11.1. The van der Waals surface area contributed by atoms with Crippen molar-refractivity contribution in [2.24, 2.45) is 0 Å². The number of hydrogen-bond acceptors (Lipinski definition) is 4. The zero-order valence-corrected chi connectivity index (χ0v) is 16.8. The predicted octanol–water partition coefficient (Wildman–Crippen LogP) is -0.324. The quantitative estimate of drug-likeness (QED) is 0.746. The van der Waals surface area contributed by atoms with Gasteiger partial charge in [-0.25, -0.2) is 0 Å². The van der Waals surface area contributed by atoms with Crippen LogP contribution >= 0.6 is 0 Å². The molecule has 1 aliphatic rings. The van der Waals surface area contributed by atoms with Crippen LogP contribution in [0.1, 0.15) is 46.1 Å². The van der Waals surface area contributed by atoms with Gasteiger partial charge in [-0.15, -0.1) is 0 Å². The maximum Gasteiger partial charge on any atom is 0.224 e. The van der Waals surface area contributed by atoms with Crippen LogP contribution < -0.4 is 32.5 Å². The summed E-state index contributed by atoms with van der Waals surface area (Å²) in [5, 5.41) is 6.82. The maximum atomic E-state index is 12.5. The van der Waals surface area contributed by atoms with Crippen molar-refractivity contribution < 1.29 is 26.7 Å². The molecule has 2 rings (SSSR count). The summed E-state index contributed by atoms with van der Waals surface area (Å²) in [6, 6.07) is 5.77. The Labute approximate surface area is 157 Å². The van der Waals surface area contributed by atoms with Gasteiger partial charge < -0.3 is 32.5 Å². The van der Waals surface area contributed by atoms with Crippen LogP contribution in [0.3, 0.4) is 0 Å². The standard InChI is InChI=1S/C19H30N2O3.ClH/c1-18(2)11-14(12-19(3,4)21-18)20-17(22)10-13-7-8-15(23-5)16(9-13)24-6;/h7-9,14,21H,10-12H2,1-6H3,(H,20,22);1H/p-1. The number of rotatable bonds is 5. The molecule has 0 radical (unpaired) electrons. The van der Waals surface area contributed by atoms with E-state index in [4.69, 9.17) is 9.47 Å². The van der Waals surface area contributed by atoms with Gasteiger partial charge >= 0.3 is 0 Å². The van der Waals surface area contributed by atoms with E-state index in [0.717, 1.165) is 18.4 Å². The molecule has 1 aromatic carbocycles. The molecule has 1 heterocycles. The number of piperidine rings is 1. The van der Waals surface area contributed by atoms with E-state index >= 15 is 0 Å². The van der Waals surface area contributed by atoms with E-state index in [0.29, 0.717) is 17.9 Å². The third-order valence-electron chi connectivity index (χ3n) is 4.37. The molecule has 1 saturated heterocycles. The lowest BCUT2D eigenvalue weighted by molar-refractivity contribution is -0.121. The van der Waals surface area contributed by atoms with Gasteiger partial charge in [0.25, 0.3) is 0 Å². The maximum absolute atomic E-state index is 12.5. The number of hydrogen-bond donors (Lipinski definition) is 2. The highest BCUT2D eigenvalue weighted by Gasteiger charge is 2.38. The first kappa shape index (κ1) is 21.6. The lowest BCUT2D eigenvalue weighted by Crippen LogP contribution is -3.00. The van der Waals surface area contributed by atoms with Gasteiger partial charge in [-0.1, -0.05) is 6.07 Å². The molecule has 0 bridgehead atoms. The predicted molar refractivity (Wildman–Crippen MR) is 95.7 cm³/mol. The van der Waals surface area contributed by atoms with Gasteiger partial charge in [-0.2, -0.15) is 0 Å². The number of benzene rings is 1. The number of carbonyl (C=O) groups is 1. The minimum atomic E-state index is 0. The molecule has 1 fully saturated rings. The largest absolute Gasteiger partial charge is 1.00 e. The van der Waals surface area contributed by atoms with Gasteiger partial charge in [0.1, 0.15) is 0 Å². The molecule has 0 saturated carbocycles. The van der Waals surface area contributed by atoms with E-state index in [-0.39, 0.29) is 35.4 Å². The summed E-state index contributed by atoms with van der Waals surface area (Å²) in [6.45, 7) is 8.73. The minimum Gasteiger partial charge on any atom is -1.00 e. The second-order valence-electron chi connectivity index (χ2n) is 7.93. The first-order valence-electron chi connectivity index (χ1n) is 8.44. The lowest BCUT2D eigenvalue weighted by Gasteiger charge is -2.46. The van der Waals surface area contributed by atoms with Crippen molar-refractivity contribution in [2.45, 2.75) is 64.1 Å². The Morgan fingerprint density at radius 2 is 1.68 bits per heavy atom. The Bertz CT molecular complexity index is 586. The van der Waals surface area contributed by atoms with Crippen molar-refractivity contribution in [3.63, 3.8) is 0 Å². The molecule has 5 nitrogen and oxygen atoms in total. The Morgan fingerprint density at radius 3 is 2.20 bits per heavy atom. The third kappa shape index (κ3) is 6.08. The number of methoxy groups -OCH3 is 2. The lowest BCUT2D eigenvalue weighted by atomic mass is 9.79. The molecule has 2 N–H and O–H groups in total. The van der Waals surface area contributed by atoms with Crippen molar-refractivity contribution >= 4 is 5.91 Å². The van der Waals surface area contributed by atoms with Crippen LogP contribution in [-0.4, -0.2) is 37.2 Å². The van der Waals surface area contributed by atoms with Crippen molar-refractivity contribution in [2.75, 3.05) is 14.2 Å². The zero-order valence-electron chi connectivity index (χ0n) is 16.0. The first-order valence-corrected chi connectivity index (χ1v) is 8.44. The van der Waals surface area contributed by atoms with Crippen molar-refractivity contribution in [1.29, 1.82) is 0 Å². The molecular formula is C19H30ClN2O3-. The van der Waals surface area contributed by atoms with Gasteiger partial charge in [-0.3, -0.25) is 4.79 Å². The number of nitrogens with one attached hydrogen (secondary N) is 2. The van der Waals surface area contributed by atoms with Crippen LogP contribution in [0.25, 0.3) is 0 Å². The summed E-state index contributed by atoms with van der Waals surface area (Å²) in [5.41, 5.74) is 0.948. The number of halogens is 1. The smallest absolute Gasteiger partial charge is 0.224 e. The van der Waals surface area contributed by atoms with Gasteiger partial charge in [-0.05, 0) is 58.2 Å². The Kier molecular flexibility index (Phi) is 7.15. The summed E-state index contributed by atoms with van der Waals surface area (Å²) in [6.07, 6.45) is 2.19. The molecule has 0 spiro atoms. The molecule has 0 aliphatic carbocycles. The van der Waals surface area contributed by atoms with E-state index in [1.165, 1.54) is 0 Å². The van der Waals surface area contributed by atoms with Crippen molar-refractivity contribution in [3.8, 4) is 11.5 Å². The summed E-state index contributed by atoms with van der Waals surface area (Å²) in [7, 11) is 3.20. The highest BCUT2D eigenvalue weighted by molar-refractivity contribution is 5.79. The average molecular weight is 370 g/mol. The van der Waals surface area contributed by atoms with E-state index in [2.05, 4.69) is 38.3 Å². The molecule has 25 heavy (non-hydrogen) atoms. The molecule has 6 heteroatoms. The fourth-order valence-corrected chi connectivity index (χ4v) is 3.88. The fraction of sp³-hybridized carbons (Fsp3) is 0.632. The van der Waals surface area contributed by atoms with Crippen molar-refractivity contribution in [3.05, 3.63) is 23.8 Å². The van der Waals surface area contributed by atoms with Crippen LogP contribution in [0.15, 0.2) is 18.2 Å². The number of ether oxygens (including phenoxy) is 2. The molecule has 142 valence electrons. The highest BCUT2D eigenvalue weighted by Crippen LogP contribution is 2.29. The van der Waals surface area contributed by atoms with E-state index in [9.17, 15) is 4.79 Å². The van der Waals surface area contributed by atoms with Gasteiger partial charge in [0.15, 0.2) is 11.5 Å². The SMILES string of the molecule is COc1ccc(CC(=O)NC2CC(C)(C)NC(C)(C)C2)cc1OC.[Cl-]. The van der Waals surface area contributed by atoms with Crippen LogP contribution in [0.5, 0.6) is 11.5 Å². The molecular weight excluding hydrogens is 340 g/mol. The van der Waals surface area contributed by atoms with E-state index in [1.807, 2.05) is 18.2 Å². The van der Waals surface area contributed by atoms with Gasteiger partial charge in [0.2, 0.25) is 5.91 Å². The van der Waals surface area contributed by atoms with Crippen LogP contribution in [0.4, 0.5) is 0 Å². The van der Waals surface area contributed by atoms with E-state index < -0.39 is 0 Å². The minimum absolute atomic E-state index is 0. The molecule has 1 aromatic rings.